The van der Waals surface area contributed by atoms with Gasteiger partial charge < -0.3 is 28.2 Å². The molecular weight excluding hydrogens is 1840 g/mol. The van der Waals surface area contributed by atoms with Crippen molar-refractivity contribution in [2.45, 2.75) is 38.9 Å². The van der Waals surface area contributed by atoms with Crippen LogP contribution in [0.3, 0.4) is 0 Å². The lowest BCUT2D eigenvalue weighted by Gasteiger charge is -2.32. The van der Waals surface area contributed by atoms with Crippen LogP contribution in [0.5, 0.6) is 0 Å². The van der Waals surface area contributed by atoms with Crippen LogP contribution in [-0.2, 0) is 9.31 Å². The van der Waals surface area contributed by atoms with Crippen molar-refractivity contribution in [3.8, 4) is 102 Å². The summed E-state index contributed by atoms with van der Waals surface area (Å²) < 4.78 is 26.3. The third-order valence-electron chi connectivity index (χ3n) is 25.1. The first-order valence-electron chi connectivity index (χ1n) is 44.9. The third kappa shape index (κ3) is 18.4. The Balaban J connectivity index is 0.000000108. The summed E-state index contributed by atoms with van der Waals surface area (Å²) >= 11 is 13.2. The third-order valence-corrected chi connectivity index (χ3v) is 26.6. The average Bonchev–Trinajstić information content (AvgIpc) is 1.70. The molecule has 15 nitrogen and oxygen atoms in total. The fourth-order valence-electron chi connectivity index (χ4n) is 17.3. The number of benzene rings is 19. The molecule has 20 heteroatoms. The first kappa shape index (κ1) is 88.2. The smallest absolute Gasteiger partial charge is 0.456 e. The molecule has 1 fully saturated rings. The summed E-state index contributed by atoms with van der Waals surface area (Å²) in [6, 6.07) is 139. The SMILES string of the molecule is Brc1ccc(-c2nc(-c3ccccc3)nc(-c3ccc4ccccc4c3)n2)c2ccccc12.CC1(C)OB(c2ccc3oc4ccccc4c3c2)OC1(C)C.Clc1nc(-c2ccccc2)nc(-c2ccc3ccccc3c2)n1.OB(O)c1ccc(Br)c2ccccc12.c1ccc(-c2nc(-c3ccc4ccccc4c3)nc(-c3ccc(-c4ccc5oc6ccccc6c5c4)c4ccccc34)n2)cc1. The number of hydrogen-bond donors (Lipinski definition) is 2. The minimum Gasteiger partial charge on any atom is -0.456 e. The first-order valence-corrected chi connectivity index (χ1v) is 46.9. The quantitative estimate of drug-likeness (QED) is 0.116. The van der Waals surface area contributed by atoms with E-state index in [1.165, 1.54) is 16.2 Å². The van der Waals surface area contributed by atoms with Crippen molar-refractivity contribution < 1.29 is 28.2 Å². The fraction of sp³-hybridized carbons (Fsp3) is 0.0513. The molecule has 658 valence electrons. The molecule has 0 spiro atoms. The van der Waals surface area contributed by atoms with Gasteiger partial charge in [0.2, 0.25) is 5.28 Å². The number of fused-ring (bicyclic) bond motifs is 12. The number of hydrogen-bond acceptors (Lipinski definition) is 15. The van der Waals surface area contributed by atoms with E-state index in [9.17, 15) is 0 Å². The van der Waals surface area contributed by atoms with Crippen molar-refractivity contribution in [2.75, 3.05) is 0 Å². The molecule has 25 rings (SSSR count). The van der Waals surface area contributed by atoms with E-state index in [1.807, 2.05) is 200 Å². The van der Waals surface area contributed by atoms with E-state index in [0.29, 0.717) is 52.1 Å². The maximum Gasteiger partial charge on any atom is 0.494 e. The van der Waals surface area contributed by atoms with Crippen LogP contribution in [0.25, 0.3) is 211 Å². The molecule has 0 amide bonds. The maximum absolute atomic E-state index is 9.15. The van der Waals surface area contributed by atoms with Crippen molar-refractivity contribution in [3.05, 3.63) is 427 Å². The molecule has 0 saturated carbocycles. The van der Waals surface area contributed by atoms with Gasteiger partial charge in [-0.3, -0.25) is 0 Å². The van der Waals surface area contributed by atoms with Gasteiger partial charge >= 0.3 is 14.2 Å². The van der Waals surface area contributed by atoms with E-state index in [-0.39, 0.29) is 23.6 Å². The minimum absolute atomic E-state index is 0.196. The van der Waals surface area contributed by atoms with Crippen LogP contribution in [0.2, 0.25) is 5.28 Å². The number of rotatable bonds is 11. The lowest BCUT2D eigenvalue weighted by Crippen LogP contribution is -2.41. The summed E-state index contributed by atoms with van der Waals surface area (Å²) in [7, 11) is -1.77. The molecule has 0 unspecified atom stereocenters. The number of aromatic nitrogens is 9. The van der Waals surface area contributed by atoms with Gasteiger partial charge in [-0.25, -0.2) is 34.9 Å². The van der Waals surface area contributed by atoms with E-state index in [1.54, 1.807) is 6.07 Å². The largest absolute Gasteiger partial charge is 0.494 e. The maximum atomic E-state index is 9.15. The lowest BCUT2D eigenvalue weighted by atomic mass is 9.77. The number of nitrogens with zero attached hydrogens (tertiary/aromatic N) is 9. The Labute approximate surface area is 811 Å². The van der Waals surface area contributed by atoms with Gasteiger partial charge in [-0.2, -0.15) is 9.97 Å². The highest BCUT2D eigenvalue weighted by atomic mass is 79.9. The number of furan rings is 2. The summed E-state index contributed by atoms with van der Waals surface area (Å²) in [6.45, 7) is 8.27. The summed E-state index contributed by atoms with van der Waals surface area (Å²) in [5.74, 6) is 5.08. The monoisotopic (exact) mass is 1920 g/mol. The Morgan fingerprint density at radius 2 is 0.555 bits per heavy atom. The molecule has 1 aliphatic heterocycles. The van der Waals surface area contributed by atoms with Crippen LogP contribution >= 0.6 is 43.5 Å². The standard InChI is InChI=1S/C41H25N3O.C29H18BrN3.C19H12ClN3.C18H19BO3.C10H8BBrO2/c1-2-11-27(12-3-1)39-42-40(30-19-18-26-10-4-5-13-28(26)24-30)44-41(43-39)35-22-21-31(32-14-6-7-15-33(32)35)29-20-23-38-36(25-29)34-16-8-9-17-37(34)45-38;30-26-17-16-25(23-12-6-7-13-24(23)26)29-32-27(20-9-2-1-3-10-20)31-28(33-29)22-15-14-19-8-4-5-11-21(19)18-22;20-19-22-17(14-7-2-1-3-8-14)21-18(23-19)16-11-10-13-6-4-5-9-15(13)12-16;1-17(2)18(3,4)22-19(21-17)12-9-10-16-14(11-12)13-7-5-6-8-15(13)20-16;12-10-6-5-9(11(13)14)7-3-1-2-4-8(7)10/h1-25H;1-18H;1-12H;5-11H,1-4H3;1-6,13-14H. The topological polar surface area (TPSA) is 201 Å². The van der Waals surface area contributed by atoms with Crippen LogP contribution in [0.4, 0.5) is 0 Å². The van der Waals surface area contributed by atoms with Gasteiger partial charge in [-0.1, -0.05) is 372 Å². The molecular formula is C117H82B2Br2ClN9O6. The predicted molar refractivity (Wildman–Crippen MR) is 567 cm³/mol. The van der Waals surface area contributed by atoms with Gasteiger partial charge in [0, 0.05) is 75.0 Å². The zero-order valence-electron chi connectivity index (χ0n) is 74.6. The summed E-state index contributed by atoms with van der Waals surface area (Å²) in [4.78, 5) is 42.9. The Kier molecular flexibility index (Phi) is 24.6. The van der Waals surface area contributed by atoms with Crippen molar-refractivity contribution in [3.63, 3.8) is 0 Å². The normalized spacial score (nSPS) is 12.6. The molecule has 6 heterocycles. The molecule has 0 atom stereocenters. The van der Waals surface area contributed by atoms with Gasteiger partial charge in [-0.15, -0.1) is 0 Å². The predicted octanol–water partition coefficient (Wildman–Crippen LogP) is 28.9. The number of para-hydroxylation sites is 2. The van der Waals surface area contributed by atoms with Crippen molar-refractivity contribution in [2.24, 2.45) is 0 Å². The van der Waals surface area contributed by atoms with Gasteiger partial charge in [0.05, 0.1) is 11.2 Å². The highest BCUT2D eigenvalue weighted by Crippen LogP contribution is 2.43. The molecule has 0 bridgehead atoms. The van der Waals surface area contributed by atoms with Crippen LogP contribution in [0, 0.1) is 0 Å². The molecule has 137 heavy (non-hydrogen) atoms. The molecule has 5 aromatic heterocycles. The van der Waals surface area contributed by atoms with Gasteiger partial charge in [-0.05, 0) is 199 Å². The van der Waals surface area contributed by atoms with Crippen LogP contribution in [0.15, 0.2) is 430 Å². The lowest BCUT2D eigenvalue weighted by molar-refractivity contribution is 0.00578. The second kappa shape index (κ2) is 38.2. The number of halogens is 3. The fourth-order valence-corrected chi connectivity index (χ4v) is 18.5. The average molecular weight is 1930 g/mol. The molecule has 0 radical (unpaired) electrons. The zero-order valence-corrected chi connectivity index (χ0v) is 78.5. The van der Waals surface area contributed by atoms with Crippen LogP contribution < -0.4 is 10.9 Å². The molecule has 2 N–H and O–H groups in total. The molecule has 24 aromatic rings. The summed E-state index contributed by atoms with van der Waals surface area (Å²) in [5, 5.41) is 36.3. The van der Waals surface area contributed by atoms with E-state index >= 15 is 0 Å². The van der Waals surface area contributed by atoms with Crippen molar-refractivity contribution in [1.29, 1.82) is 0 Å². The van der Waals surface area contributed by atoms with E-state index in [2.05, 4.69) is 281 Å². The Morgan fingerprint density at radius 3 is 1.01 bits per heavy atom. The Morgan fingerprint density at radius 1 is 0.248 bits per heavy atom. The van der Waals surface area contributed by atoms with E-state index < -0.39 is 7.12 Å². The molecule has 0 aliphatic carbocycles. The van der Waals surface area contributed by atoms with Crippen molar-refractivity contribution >= 4 is 177 Å². The van der Waals surface area contributed by atoms with Crippen molar-refractivity contribution in [1.82, 2.24) is 44.9 Å². The Hall–Kier alpha value is -15.4. The molecule has 19 aromatic carbocycles. The van der Waals surface area contributed by atoms with E-state index in [4.69, 9.17) is 69.7 Å². The zero-order chi connectivity index (χ0) is 93.3. The molecule has 1 saturated heterocycles. The second-order valence-corrected chi connectivity index (χ2v) is 36.3. The Bertz CT molecular complexity index is 8680. The van der Waals surface area contributed by atoms with Crippen LogP contribution in [0.1, 0.15) is 27.7 Å². The summed E-state index contributed by atoms with van der Waals surface area (Å²) in [6.07, 6.45) is 0. The summed E-state index contributed by atoms with van der Waals surface area (Å²) in [5.41, 5.74) is 14.4. The first-order chi connectivity index (χ1) is 66.9. The van der Waals surface area contributed by atoms with Crippen LogP contribution in [-0.4, -0.2) is 80.3 Å². The van der Waals surface area contributed by atoms with E-state index in [0.717, 1.165) is 162 Å². The minimum atomic E-state index is -1.42. The van der Waals surface area contributed by atoms with Gasteiger partial charge in [0.1, 0.15) is 22.3 Å². The molecule has 1 aliphatic rings. The van der Waals surface area contributed by atoms with Gasteiger partial charge in [0.25, 0.3) is 0 Å². The van der Waals surface area contributed by atoms with Gasteiger partial charge in [0.15, 0.2) is 46.6 Å². The highest BCUT2D eigenvalue weighted by molar-refractivity contribution is 9.11. The highest BCUT2D eigenvalue weighted by Gasteiger charge is 2.52. The second-order valence-electron chi connectivity index (χ2n) is 34.3.